The van der Waals surface area contributed by atoms with Crippen LogP contribution in [0.15, 0.2) is 27.0 Å². The first-order chi connectivity index (χ1) is 8.72. The molecule has 0 aromatic carbocycles. The molecular weight excluding hydrogens is 286 g/mol. The molecule has 3 heterocycles. The van der Waals surface area contributed by atoms with Crippen molar-refractivity contribution in [1.29, 1.82) is 0 Å². The van der Waals surface area contributed by atoms with E-state index in [1.165, 1.54) is 16.6 Å². The molecule has 0 aliphatic carbocycles. The fourth-order valence-corrected chi connectivity index (χ4v) is 3.97. The summed E-state index contributed by atoms with van der Waals surface area (Å²) in [6.45, 7) is 4.04. The average molecular weight is 295 g/mol. The molecule has 0 atom stereocenters. The first kappa shape index (κ1) is 11.8. The molecule has 0 unspecified atom stereocenters. The summed E-state index contributed by atoms with van der Waals surface area (Å²) >= 11 is 4.76. The van der Waals surface area contributed by atoms with Gasteiger partial charge in [-0.25, -0.2) is 4.98 Å². The first-order valence-corrected chi connectivity index (χ1v) is 7.69. The number of aromatic nitrogens is 5. The molecule has 0 spiro atoms. The number of rotatable bonds is 3. The second-order valence-electron chi connectivity index (χ2n) is 3.61. The van der Waals surface area contributed by atoms with Crippen molar-refractivity contribution in [2.45, 2.75) is 23.3 Å². The van der Waals surface area contributed by atoms with Gasteiger partial charge in [-0.15, -0.1) is 27.8 Å². The van der Waals surface area contributed by atoms with Crippen molar-refractivity contribution >= 4 is 34.4 Å². The van der Waals surface area contributed by atoms with E-state index in [9.17, 15) is 0 Å². The van der Waals surface area contributed by atoms with Crippen LogP contribution in [-0.4, -0.2) is 25.2 Å². The molecule has 0 aliphatic heterocycles. The number of nitrogens with zero attached hydrogens (tertiary/aromatic N) is 5. The lowest BCUT2D eigenvalue weighted by Crippen LogP contribution is -1.95. The van der Waals surface area contributed by atoms with Crippen molar-refractivity contribution in [3.05, 3.63) is 28.1 Å². The molecule has 0 amide bonds. The minimum atomic E-state index is 0.742. The third-order valence-corrected chi connectivity index (χ3v) is 5.12. The summed E-state index contributed by atoms with van der Waals surface area (Å²) in [4.78, 5) is 5.64. The Balaban J connectivity index is 1.92. The van der Waals surface area contributed by atoms with Gasteiger partial charge in [0.05, 0.1) is 0 Å². The summed E-state index contributed by atoms with van der Waals surface area (Å²) in [5.41, 5.74) is 1.02. The zero-order valence-electron chi connectivity index (χ0n) is 9.69. The predicted molar refractivity (Wildman–Crippen MR) is 72.7 cm³/mol. The molecule has 0 bridgehead atoms. The Labute approximate surface area is 116 Å². The van der Waals surface area contributed by atoms with Crippen LogP contribution in [0.1, 0.15) is 10.6 Å². The van der Waals surface area contributed by atoms with Crippen molar-refractivity contribution in [2.24, 2.45) is 0 Å². The lowest BCUT2D eigenvalue weighted by atomic mass is 10.5. The van der Waals surface area contributed by atoms with E-state index in [-0.39, 0.29) is 0 Å². The van der Waals surface area contributed by atoms with Gasteiger partial charge < -0.3 is 0 Å². The number of thiazole rings is 1. The van der Waals surface area contributed by atoms with E-state index in [1.807, 2.05) is 18.4 Å². The molecule has 18 heavy (non-hydrogen) atoms. The van der Waals surface area contributed by atoms with E-state index in [0.29, 0.717) is 0 Å². The summed E-state index contributed by atoms with van der Waals surface area (Å²) < 4.78 is 2.70. The van der Waals surface area contributed by atoms with Gasteiger partial charge in [0.2, 0.25) is 5.16 Å². The normalized spacial score (nSPS) is 11.0. The lowest BCUT2D eigenvalue weighted by molar-refractivity contribution is 0.768. The first-order valence-electron chi connectivity index (χ1n) is 5.17. The van der Waals surface area contributed by atoms with Gasteiger partial charge in [0.1, 0.15) is 5.00 Å². The summed E-state index contributed by atoms with van der Waals surface area (Å²) in [5.74, 6) is 0. The predicted octanol–water partition coefficient (Wildman–Crippen LogP) is 2.95. The van der Waals surface area contributed by atoms with Crippen LogP contribution >= 0.6 is 34.4 Å². The van der Waals surface area contributed by atoms with Crippen LogP contribution in [0.2, 0.25) is 0 Å². The maximum Gasteiger partial charge on any atom is 0.221 e. The molecule has 0 saturated carbocycles. The number of aryl methyl sites for hydroxylation is 2. The summed E-state index contributed by atoms with van der Waals surface area (Å²) in [6.07, 6.45) is 0. The van der Waals surface area contributed by atoms with Crippen molar-refractivity contribution in [1.82, 2.24) is 25.2 Å². The van der Waals surface area contributed by atoms with Crippen LogP contribution in [0.25, 0.3) is 5.00 Å². The highest BCUT2D eigenvalue weighted by atomic mass is 32.2. The Hall–Kier alpha value is -1.25. The molecule has 3 rings (SSSR count). The zero-order chi connectivity index (χ0) is 12.5. The van der Waals surface area contributed by atoms with E-state index in [0.717, 1.165) is 20.2 Å². The number of hydrogen-bond acceptors (Lipinski definition) is 7. The van der Waals surface area contributed by atoms with E-state index in [2.05, 4.69) is 33.5 Å². The fourth-order valence-electron chi connectivity index (χ4n) is 1.37. The van der Waals surface area contributed by atoms with E-state index >= 15 is 0 Å². The molecule has 0 aliphatic rings. The second-order valence-corrected chi connectivity index (χ2v) is 6.95. The molecule has 3 aromatic rings. The SMILES string of the molecule is Cc1csc(Sc2nnnn2-c2ccc(C)s2)n1. The monoisotopic (exact) mass is 295 g/mol. The summed E-state index contributed by atoms with van der Waals surface area (Å²) in [5, 5.41) is 15.6. The maximum atomic E-state index is 4.40. The standard InChI is InChI=1S/C10H9N5S3/c1-6-5-16-10(11-6)18-9-12-13-14-15(9)8-4-3-7(2)17-8/h3-5H,1-2H3. The van der Waals surface area contributed by atoms with Crippen LogP contribution in [0.3, 0.4) is 0 Å². The minimum Gasteiger partial charge on any atom is -0.235 e. The largest absolute Gasteiger partial charge is 0.235 e. The van der Waals surface area contributed by atoms with Gasteiger partial charge in [0.25, 0.3) is 0 Å². The van der Waals surface area contributed by atoms with Crippen molar-refractivity contribution in [3.63, 3.8) is 0 Å². The smallest absolute Gasteiger partial charge is 0.221 e. The Morgan fingerprint density at radius 3 is 2.83 bits per heavy atom. The molecule has 0 fully saturated rings. The highest BCUT2D eigenvalue weighted by molar-refractivity contribution is 8.00. The van der Waals surface area contributed by atoms with Crippen LogP contribution in [0.4, 0.5) is 0 Å². The van der Waals surface area contributed by atoms with Crippen LogP contribution in [0.5, 0.6) is 0 Å². The fraction of sp³-hybridized carbons (Fsp3) is 0.200. The van der Waals surface area contributed by atoms with E-state index < -0.39 is 0 Å². The molecule has 0 N–H and O–H groups in total. The second kappa shape index (κ2) is 4.79. The van der Waals surface area contributed by atoms with Crippen LogP contribution in [0, 0.1) is 13.8 Å². The van der Waals surface area contributed by atoms with E-state index in [4.69, 9.17) is 0 Å². The quantitative estimate of drug-likeness (QED) is 0.743. The highest BCUT2D eigenvalue weighted by Crippen LogP contribution is 2.30. The van der Waals surface area contributed by atoms with Gasteiger partial charge in [-0.1, -0.05) is 0 Å². The molecule has 8 heteroatoms. The number of thiophene rings is 1. The van der Waals surface area contributed by atoms with Crippen LogP contribution < -0.4 is 0 Å². The van der Waals surface area contributed by atoms with E-state index in [1.54, 1.807) is 27.4 Å². The molecule has 92 valence electrons. The Morgan fingerprint density at radius 2 is 2.17 bits per heavy atom. The third kappa shape index (κ3) is 2.31. The molecule has 0 radical (unpaired) electrons. The summed E-state index contributed by atoms with van der Waals surface area (Å²) in [6, 6.07) is 4.08. The topological polar surface area (TPSA) is 56.5 Å². The maximum absolute atomic E-state index is 4.40. The van der Waals surface area contributed by atoms with Gasteiger partial charge in [-0.05, 0) is 48.2 Å². The highest BCUT2D eigenvalue weighted by Gasteiger charge is 2.13. The zero-order valence-corrected chi connectivity index (χ0v) is 12.1. The lowest BCUT2D eigenvalue weighted by Gasteiger charge is -1.98. The van der Waals surface area contributed by atoms with Gasteiger partial charge in [-0.3, -0.25) is 0 Å². The van der Waals surface area contributed by atoms with Crippen molar-refractivity contribution in [3.8, 4) is 5.00 Å². The number of tetrazole rings is 1. The van der Waals surface area contributed by atoms with Gasteiger partial charge in [0, 0.05) is 16.0 Å². The molecule has 5 nitrogen and oxygen atoms in total. The van der Waals surface area contributed by atoms with Crippen LogP contribution in [-0.2, 0) is 0 Å². The van der Waals surface area contributed by atoms with Crippen molar-refractivity contribution < 1.29 is 0 Å². The Kier molecular flexibility index (Phi) is 3.14. The Bertz CT molecular complexity index is 668. The average Bonchev–Trinajstić information content (AvgIpc) is 3.01. The van der Waals surface area contributed by atoms with Gasteiger partial charge in [0.15, 0.2) is 4.34 Å². The Morgan fingerprint density at radius 1 is 1.28 bits per heavy atom. The molecular formula is C10H9N5S3. The molecule has 3 aromatic heterocycles. The van der Waals surface area contributed by atoms with Gasteiger partial charge in [-0.2, -0.15) is 4.68 Å². The van der Waals surface area contributed by atoms with Gasteiger partial charge >= 0.3 is 0 Å². The number of hydrogen-bond donors (Lipinski definition) is 0. The molecule has 0 saturated heterocycles. The van der Waals surface area contributed by atoms with Crippen molar-refractivity contribution in [2.75, 3.05) is 0 Å². The minimum absolute atomic E-state index is 0.742. The third-order valence-electron chi connectivity index (χ3n) is 2.15. The summed E-state index contributed by atoms with van der Waals surface area (Å²) in [7, 11) is 0.